The Labute approximate surface area is 136 Å². The second kappa shape index (κ2) is 7.78. The molecule has 1 aromatic carbocycles. The van der Waals surface area contributed by atoms with E-state index in [4.69, 9.17) is 0 Å². The standard InChI is InChI=1S/C14H18Br2N2O2/c1-4-7-18(9-13(19)17(2)3)14(20)11-8-10(15)5-6-12(11)16/h5-6,8H,4,7,9H2,1-3H3. The lowest BCUT2D eigenvalue weighted by Crippen LogP contribution is -2.40. The molecule has 0 spiro atoms. The van der Waals surface area contributed by atoms with E-state index in [1.165, 1.54) is 4.90 Å². The van der Waals surface area contributed by atoms with Gasteiger partial charge in [-0.1, -0.05) is 22.9 Å². The van der Waals surface area contributed by atoms with Gasteiger partial charge in [-0.2, -0.15) is 0 Å². The summed E-state index contributed by atoms with van der Waals surface area (Å²) in [7, 11) is 3.37. The third-order valence-corrected chi connectivity index (χ3v) is 3.95. The minimum atomic E-state index is -0.143. The van der Waals surface area contributed by atoms with Crippen LogP contribution >= 0.6 is 31.9 Å². The van der Waals surface area contributed by atoms with Gasteiger partial charge < -0.3 is 9.80 Å². The van der Waals surface area contributed by atoms with Crippen LogP contribution in [0.3, 0.4) is 0 Å². The van der Waals surface area contributed by atoms with Crippen molar-refractivity contribution in [3.63, 3.8) is 0 Å². The molecule has 0 aliphatic carbocycles. The van der Waals surface area contributed by atoms with E-state index >= 15 is 0 Å². The minimum absolute atomic E-state index is 0.0853. The van der Waals surface area contributed by atoms with Crippen LogP contribution in [0.25, 0.3) is 0 Å². The van der Waals surface area contributed by atoms with Crippen molar-refractivity contribution in [2.75, 3.05) is 27.2 Å². The second-order valence-electron chi connectivity index (χ2n) is 4.64. The predicted molar refractivity (Wildman–Crippen MR) is 86.7 cm³/mol. The number of nitrogens with zero attached hydrogens (tertiary/aromatic N) is 2. The van der Waals surface area contributed by atoms with Gasteiger partial charge in [0, 0.05) is 29.6 Å². The molecule has 0 heterocycles. The molecule has 6 heteroatoms. The van der Waals surface area contributed by atoms with Gasteiger partial charge in [0.25, 0.3) is 5.91 Å². The lowest BCUT2D eigenvalue weighted by atomic mass is 10.2. The first-order valence-electron chi connectivity index (χ1n) is 6.31. The van der Waals surface area contributed by atoms with Crippen molar-refractivity contribution in [1.29, 1.82) is 0 Å². The molecule has 0 unspecified atom stereocenters. The summed E-state index contributed by atoms with van der Waals surface area (Å²) in [5, 5.41) is 0. The monoisotopic (exact) mass is 404 g/mol. The zero-order valence-electron chi connectivity index (χ0n) is 11.8. The number of halogens is 2. The number of amides is 2. The Morgan fingerprint density at radius 2 is 1.85 bits per heavy atom. The van der Waals surface area contributed by atoms with Crippen molar-refractivity contribution < 1.29 is 9.59 Å². The molecule has 0 aromatic heterocycles. The summed E-state index contributed by atoms with van der Waals surface area (Å²) in [6, 6.07) is 5.43. The van der Waals surface area contributed by atoms with Gasteiger partial charge in [0.2, 0.25) is 5.91 Å². The van der Waals surface area contributed by atoms with Crippen molar-refractivity contribution in [2.45, 2.75) is 13.3 Å². The van der Waals surface area contributed by atoms with Crippen molar-refractivity contribution in [1.82, 2.24) is 9.80 Å². The summed E-state index contributed by atoms with van der Waals surface area (Å²) in [4.78, 5) is 27.5. The van der Waals surface area contributed by atoms with Gasteiger partial charge in [-0.3, -0.25) is 9.59 Å². The van der Waals surface area contributed by atoms with Crippen LogP contribution < -0.4 is 0 Å². The molecule has 110 valence electrons. The largest absolute Gasteiger partial charge is 0.347 e. The molecule has 2 amide bonds. The van der Waals surface area contributed by atoms with Gasteiger partial charge in [0.05, 0.1) is 5.56 Å². The third-order valence-electron chi connectivity index (χ3n) is 2.76. The van der Waals surface area contributed by atoms with E-state index in [1.807, 2.05) is 19.1 Å². The molecule has 20 heavy (non-hydrogen) atoms. The zero-order valence-corrected chi connectivity index (χ0v) is 15.0. The Morgan fingerprint density at radius 3 is 2.40 bits per heavy atom. The summed E-state index contributed by atoms with van der Waals surface area (Å²) >= 11 is 6.74. The van der Waals surface area contributed by atoms with E-state index in [1.54, 1.807) is 25.1 Å². The van der Waals surface area contributed by atoms with E-state index in [0.717, 1.165) is 15.4 Å². The van der Waals surface area contributed by atoms with Crippen LogP contribution in [-0.2, 0) is 4.79 Å². The maximum Gasteiger partial charge on any atom is 0.255 e. The normalized spacial score (nSPS) is 10.2. The molecule has 0 aliphatic rings. The van der Waals surface area contributed by atoms with Crippen LogP contribution in [0.15, 0.2) is 27.1 Å². The molecule has 0 N–H and O–H groups in total. The fraction of sp³-hybridized carbons (Fsp3) is 0.429. The molecule has 1 rings (SSSR count). The van der Waals surface area contributed by atoms with Gasteiger partial charge in [-0.25, -0.2) is 0 Å². The van der Waals surface area contributed by atoms with Gasteiger partial charge in [-0.05, 0) is 40.5 Å². The Morgan fingerprint density at radius 1 is 1.20 bits per heavy atom. The summed E-state index contributed by atoms with van der Waals surface area (Å²) in [6.45, 7) is 2.63. The van der Waals surface area contributed by atoms with E-state index in [2.05, 4.69) is 31.9 Å². The molecule has 4 nitrogen and oxygen atoms in total. The lowest BCUT2D eigenvalue weighted by molar-refractivity contribution is -0.129. The van der Waals surface area contributed by atoms with Crippen LogP contribution in [0.5, 0.6) is 0 Å². The maximum atomic E-state index is 12.6. The van der Waals surface area contributed by atoms with Crippen molar-refractivity contribution in [3.05, 3.63) is 32.7 Å². The van der Waals surface area contributed by atoms with Crippen molar-refractivity contribution in [3.8, 4) is 0 Å². The highest BCUT2D eigenvalue weighted by atomic mass is 79.9. The molecular weight excluding hydrogens is 388 g/mol. The third kappa shape index (κ3) is 4.59. The number of benzene rings is 1. The second-order valence-corrected chi connectivity index (χ2v) is 6.41. The van der Waals surface area contributed by atoms with Gasteiger partial charge >= 0.3 is 0 Å². The van der Waals surface area contributed by atoms with Gasteiger partial charge in [0.1, 0.15) is 6.54 Å². The van der Waals surface area contributed by atoms with E-state index in [-0.39, 0.29) is 18.4 Å². The fourth-order valence-electron chi connectivity index (χ4n) is 1.66. The number of carbonyl (C=O) groups excluding carboxylic acids is 2. The van der Waals surface area contributed by atoms with Gasteiger partial charge in [0.15, 0.2) is 0 Å². The number of rotatable bonds is 5. The number of hydrogen-bond donors (Lipinski definition) is 0. The highest BCUT2D eigenvalue weighted by Crippen LogP contribution is 2.23. The average Bonchev–Trinajstić information content (AvgIpc) is 2.40. The highest BCUT2D eigenvalue weighted by Gasteiger charge is 2.21. The fourth-order valence-corrected chi connectivity index (χ4v) is 2.44. The molecule has 0 saturated carbocycles. The smallest absolute Gasteiger partial charge is 0.255 e. The predicted octanol–water partition coefficient (Wildman–Crippen LogP) is 3.15. The van der Waals surface area contributed by atoms with Crippen LogP contribution in [0.2, 0.25) is 0 Å². The number of likely N-dealkylation sites (N-methyl/N-ethyl adjacent to an activating group) is 1. The Hall–Kier alpha value is -0.880. The van der Waals surface area contributed by atoms with Crippen molar-refractivity contribution >= 4 is 43.7 Å². The summed E-state index contributed by atoms with van der Waals surface area (Å²) in [5.74, 6) is -0.229. The quantitative estimate of drug-likeness (QED) is 0.754. The van der Waals surface area contributed by atoms with Gasteiger partial charge in [-0.15, -0.1) is 0 Å². The average molecular weight is 406 g/mol. The van der Waals surface area contributed by atoms with E-state index in [9.17, 15) is 9.59 Å². The Balaban J connectivity index is 2.99. The van der Waals surface area contributed by atoms with Crippen LogP contribution in [0.1, 0.15) is 23.7 Å². The van der Waals surface area contributed by atoms with E-state index in [0.29, 0.717) is 12.1 Å². The SMILES string of the molecule is CCCN(CC(=O)N(C)C)C(=O)c1cc(Br)ccc1Br. The van der Waals surface area contributed by atoms with Crippen LogP contribution in [-0.4, -0.2) is 48.8 Å². The molecule has 1 aromatic rings. The summed E-state index contributed by atoms with van der Waals surface area (Å²) in [5.41, 5.74) is 0.555. The maximum absolute atomic E-state index is 12.6. The first kappa shape index (κ1) is 17.2. The number of hydrogen-bond acceptors (Lipinski definition) is 2. The molecule has 0 radical (unpaired) electrons. The summed E-state index contributed by atoms with van der Waals surface area (Å²) in [6.07, 6.45) is 0.804. The highest BCUT2D eigenvalue weighted by molar-refractivity contribution is 9.11. The van der Waals surface area contributed by atoms with Crippen LogP contribution in [0, 0.1) is 0 Å². The topological polar surface area (TPSA) is 40.6 Å². The summed E-state index contributed by atoms with van der Waals surface area (Å²) < 4.78 is 1.56. The molecule has 0 saturated heterocycles. The molecule has 0 bridgehead atoms. The Kier molecular flexibility index (Phi) is 6.68. The van der Waals surface area contributed by atoms with E-state index < -0.39 is 0 Å². The minimum Gasteiger partial charge on any atom is -0.347 e. The molecule has 0 fully saturated rings. The first-order chi connectivity index (χ1) is 9.36. The molecular formula is C14H18Br2N2O2. The molecule has 0 atom stereocenters. The number of carbonyl (C=O) groups is 2. The molecule has 0 aliphatic heterocycles. The zero-order chi connectivity index (χ0) is 15.3. The van der Waals surface area contributed by atoms with Crippen LogP contribution in [0.4, 0.5) is 0 Å². The first-order valence-corrected chi connectivity index (χ1v) is 7.89. The Bertz CT molecular complexity index is 504. The van der Waals surface area contributed by atoms with Crippen molar-refractivity contribution in [2.24, 2.45) is 0 Å². The lowest BCUT2D eigenvalue weighted by Gasteiger charge is -2.24.